The zero-order chi connectivity index (χ0) is 13.8. The van der Waals surface area contributed by atoms with Crippen molar-refractivity contribution in [2.24, 2.45) is 0 Å². The normalized spacial score (nSPS) is 10.2. The van der Waals surface area contributed by atoms with Crippen molar-refractivity contribution in [2.75, 3.05) is 5.32 Å². The molecule has 0 aliphatic rings. The van der Waals surface area contributed by atoms with Crippen LogP contribution in [0.4, 0.5) is 10.1 Å². The molecule has 0 saturated heterocycles. The van der Waals surface area contributed by atoms with Gasteiger partial charge in [0.05, 0.1) is 16.3 Å². The first-order chi connectivity index (χ1) is 9.08. The molecule has 0 aliphatic carbocycles. The van der Waals surface area contributed by atoms with E-state index in [0.717, 1.165) is 5.56 Å². The third kappa shape index (κ3) is 3.23. The smallest absolute Gasteiger partial charge is 0.335 e. The quantitative estimate of drug-likeness (QED) is 0.895. The van der Waals surface area contributed by atoms with Crippen LogP contribution >= 0.6 is 11.6 Å². The molecule has 0 amide bonds. The van der Waals surface area contributed by atoms with E-state index in [4.69, 9.17) is 16.7 Å². The van der Waals surface area contributed by atoms with Gasteiger partial charge in [-0.05, 0) is 29.8 Å². The second kappa shape index (κ2) is 5.71. The van der Waals surface area contributed by atoms with Gasteiger partial charge in [-0.3, -0.25) is 0 Å². The van der Waals surface area contributed by atoms with Crippen molar-refractivity contribution in [3.63, 3.8) is 0 Å². The number of benzene rings is 2. The van der Waals surface area contributed by atoms with E-state index in [1.807, 2.05) is 0 Å². The van der Waals surface area contributed by atoms with Crippen molar-refractivity contribution in [3.8, 4) is 0 Å². The predicted octanol–water partition coefficient (Wildman–Crippen LogP) is 3.79. The topological polar surface area (TPSA) is 49.3 Å². The average Bonchev–Trinajstić information content (AvgIpc) is 2.41. The SMILES string of the molecule is O=C(O)c1cccc(CNc2cccc(Cl)c2F)c1. The van der Waals surface area contributed by atoms with Crippen LogP contribution in [0.25, 0.3) is 0 Å². The highest BCUT2D eigenvalue weighted by Crippen LogP contribution is 2.22. The number of hydrogen-bond acceptors (Lipinski definition) is 2. The Morgan fingerprint density at radius 1 is 1.26 bits per heavy atom. The maximum atomic E-state index is 13.6. The number of anilines is 1. The number of halogens is 2. The molecular weight excluding hydrogens is 269 g/mol. The van der Waals surface area contributed by atoms with Gasteiger partial charge in [0, 0.05) is 6.54 Å². The highest BCUT2D eigenvalue weighted by molar-refractivity contribution is 6.31. The molecule has 0 fully saturated rings. The molecule has 0 heterocycles. The van der Waals surface area contributed by atoms with Crippen molar-refractivity contribution in [2.45, 2.75) is 6.54 Å². The summed E-state index contributed by atoms with van der Waals surface area (Å²) in [5, 5.41) is 11.8. The van der Waals surface area contributed by atoms with E-state index in [1.54, 1.807) is 24.3 Å². The van der Waals surface area contributed by atoms with E-state index in [1.165, 1.54) is 18.2 Å². The number of carboxylic acids is 1. The van der Waals surface area contributed by atoms with E-state index in [-0.39, 0.29) is 16.3 Å². The fourth-order valence-electron chi connectivity index (χ4n) is 1.65. The second-order valence-electron chi connectivity index (χ2n) is 3.96. The molecule has 98 valence electrons. The molecule has 0 bridgehead atoms. The lowest BCUT2D eigenvalue weighted by atomic mass is 10.1. The van der Waals surface area contributed by atoms with Crippen molar-refractivity contribution in [3.05, 3.63) is 64.4 Å². The molecule has 0 atom stereocenters. The van der Waals surface area contributed by atoms with Crippen LogP contribution in [-0.2, 0) is 6.54 Å². The molecule has 5 heteroatoms. The molecule has 0 radical (unpaired) electrons. The van der Waals surface area contributed by atoms with Gasteiger partial charge in [0.1, 0.15) is 0 Å². The maximum absolute atomic E-state index is 13.6. The number of nitrogens with one attached hydrogen (secondary N) is 1. The molecule has 2 aromatic rings. The van der Waals surface area contributed by atoms with Crippen LogP contribution in [0.5, 0.6) is 0 Å². The van der Waals surface area contributed by atoms with Crippen LogP contribution in [0.2, 0.25) is 5.02 Å². The van der Waals surface area contributed by atoms with Crippen molar-refractivity contribution in [1.82, 2.24) is 0 Å². The van der Waals surface area contributed by atoms with Crippen LogP contribution in [0.1, 0.15) is 15.9 Å². The Morgan fingerprint density at radius 3 is 2.74 bits per heavy atom. The summed E-state index contributed by atoms with van der Waals surface area (Å²) in [6.07, 6.45) is 0. The lowest BCUT2D eigenvalue weighted by Gasteiger charge is -2.08. The Morgan fingerprint density at radius 2 is 2.00 bits per heavy atom. The minimum atomic E-state index is -0.990. The molecule has 0 spiro atoms. The average molecular weight is 280 g/mol. The van der Waals surface area contributed by atoms with Gasteiger partial charge in [0.25, 0.3) is 0 Å². The molecule has 3 nitrogen and oxygen atoms in total. The fourth-order valence-corrected chi connectivity index (χ4v) is 1.83. The van der Waals surface area contributed by atoms with E-state index >= 15 is 0 Å². The van der Waals surface area contributed by atoms with Gasteiger partial charge >= 0.3 is 5.97 Å². The number of hydrogen-bond donors (Lipinski definition) is 2. The maximum Gasteiger partial charge on any atom is 0.335 e. The zero-order valence-electron chi connectivity index (χ0n) is 9.86. The lowest BCUT2D eigenvalue weighted by molar-refractivity contribution is 0.0697. The Hall–Kier alpha value is -2.07. The van der Waals surface area contributed by atoms with Gasteiger partial charge in [0.2, 0.25) is 0 Å². The largest absolute Gasteiger partial charge is 0.478 e. The first-order valence-corrected chi connectivity index (χ1v) is 5.96. The van der Waals surface area contributed by atoms with Crippen LogP contribution < -0.4 is 5.32 Å². The third-order valence-electron chi connectivity index (χ3n) is 2.61. The first-order valence-electron chi connectivity index (χ1n) is 5.58. The van der Waals surface area contributed by atoms with Crippen LogP contribution in [0.3, 0.4) is 0 Å². The second-order valence-corrected chi connectivity index (χ2v) is 4.37. The molecule has 0 unspecified atom stereocenters. The Labute approximate surface area is 114 Å². The molecule has 19 heavy (non-hydrogen) atoms. The van der Waals surface area contributed by atoms with Crippen molar-refractivity contribution >= 4 is 23.3 Å². The van der Waals surface area contributed by atoms with Crippen molar-refractivity contribution in [1.29, 1.82) is 0 Å². The van der Waals surface area contributed by atoms with E-state index < -0.39 is 11.8 Å². The zero-order valence-corrected chi connectivity index (χ0v) is 10.6. The summed E-state index contributed by atoms with van der Waals surface area (Å²) in [6, 6.07) is 11.1. The van der Waals surface area contributed by atoms with E-state index in [9.17, 15) is 9.18 Å². The summed E-state index contributed by atoms with van der Waals surface area (Å²) in [4.78, 5) is 10.8. The molecule has 2 N–H and O–H groups in total. The summed E-state index contributed by atoms with van der Waals surface area (Å²) >= 11 is 5.67. The minimum absolute atomic E-state index is 0.0456. The van der Waals surface area contributed by atoms with Crippen molar-refractivity contribution < 1.29 is 14.3 Å². The minimum Gasteiger partial charge on any atom is -0.478 e. The molecule has 0 saturated carbocycles. The summed E-state index contributed by atoms with van der Waals surface area (Å²) < 4.78 is 13.6. The van der Waals surface area contributed by atoms with E-state index in [0.29, 0.717) is 6.54 Å². The van der Waals surface area contributed by atoms with Crippen LogP contribution in [0, 0.1) is 5.82 Å². The number of carboxylic acid groups (broad SMARTS) is 1. The Balaban J connectivity index is 2.12. The molecule has 2 rings (SSSR count). The number of carbonyl (C=O) groups is 1. The molecule has 0 aromatic heterocycles. The Kier molecular flexibility index (Phi) is 4.02. The summed E-state index contributed by atoms with van der Waals surface area (Å²) in [6.45, 7) is 0.318. The lowest BCUT2D eigenvalue weighted by Crippen LogP contribution is -2.03. The van der Waals surface area contributed by atoms with Crippen LogP contribution in [0.15, 0.2) is 42.5 Å². The monoisotopic (exact) mass is 279 g/mol. The highest BCUT2D eigenvalue weighted by atomic mass is 35.5. The number of aromatic carboxylic acids is 1. The molecular formula is C14H11ClFNO2. The van der Waals surface area contributed by atoms with E-state index in [2.05, 4.69) is 5.32 Å². The van der Waals surface area contributed by atoms with Gasteiger partial charge < -0.3 is 10.4 Å². The molecule has 2 aromatic carbocycles. The van der Waals surface area contributed by atoms with Gasteiger partial charge in [-0.1, -0.05) is 29.8 Å². The standard InChI is InChI=1S/C14H11ClFNO2/c15-11-5-2-6-12(13(11)16)17-8-9-3-1-4-10(7-9)14(18)19/h1-7,17H,8H2,(H,18,19). The Bertz CT molecular complexity index is 616. The predicted molar refractivity (Wildman–Crippen MR) is 72.1 cm³/mol. The van der Waals surface area contributed by atoms with Gasteiger partial charge in [-0.2, -0.15) is 0 Å². The highest BCUT2D eigenvalue weighted by Gasteiger charge is 2.06. The molecule has 0 aliphatic heterocycles. The van der Waals surface area contributed by atoms with Gasteiger partial charge in [-0.25, -0.2) is 9.18 Å². The van der Waals surface area contributed by atoms with Crippen LogP contribution in [-0.4, -0.2) is 11.1 Å². The summed E-state index contributed by atoms with van der Waals surface area (Å²) in [5.41, 5.74) is 1.23. The first kappa shape index (κ1) is 13.4. The third-order valence-corrected chi connectivity index (χ3v) is 2.90. The van der Waals surface area contributed by atoms with Gasteiger partial charge in [0.15, 0.2) is 5.82 Å². The van der Waals surface area contributed by atoms with Gasteiger partial charge in [-0.15, -0.1) is 0 Å². The summed E-state index contributed by atoms with van der Waals surface area (Å²) in [5.74, 6) is -1.51. The number of rotatable bonds is 4. The summed E-state index contributed by atoms with van der Waals surface area (Å²) in [7, 11) is 0. The fraction of sp³-hybridized carbons (Fsp3) is 0.0714.